The molecule has 7 nitrogen and oxygen atoms in total. The van der Waals surface area contributed by atoms with E-state index in [1.165, 1.54) is 19.1 Å². The Kier molecular flexibility index (Phi) is 7.83. The molecule has 140 valence electrons. The number of nitrogens with one attached hydrogen (secondary N) is 1. The number of hydrogen-bond donors (Lipinski definition) is 1. The number of aromatic nitrogens is 1. The van der Waals surface area contributed by atoms with Crippen LogP contribution in [0.3, 0.4) is 0 Å². The molecule has 1 aromatic heterocycles. The summed E-state index contributed by atoms with van der Waals surface area (Å²) in [5.74, 6) is -0.550. The minimum absolute atomic E-state index is 0.0466. The van der Waals surface area contributed by atoms with Crippen molar-refractivity contribution in [2.24, 2.45) is 5.92 Å². The Morgan fingerprint density at radius 3 is 2.32 bits per heavy atom. The molecule has 0 saturated carbocycles. The van der Waals surface area contributed by atoms with E-state index in [4.69, 9.17) is 9.47 Å². The number of esters is 1. The predicted octanol–water partition coefficient (Wildman–Crippen LogP) is 2.12. The summed E-state index contributed by atoms with van der Waals surface area (Å²) in [5.41, 5.74) is 1.82. The number of aromatic amines is 1. The van der Waals surface area contributed by atoms with Gasteiger partial charge in [0.15, 0.2) is 5.78 Å². The molecule has 7 heteroatoms. The van der Waals surface area contributed by atoms with Gasteiger partial charge in [0, 0.05) is 24.9 Å². The standard InChI is InChI=1S/C18H28N2O5/c1-11(2)7-8-20(15(22)10-24-5)9-14(21)16-12(3)17(18(23)25-6)19-13(16)4/h11,19H,7-10H2,1-6H3. The fourth-order valence-electron chi connectivity index (χ4n) is 2.65. The molecule has 0 saturated heterocycles. The lowest BCUT2D eigenvalue weighted by Gasteiger charge is -2.23. The molecule has 0 unspecified atom stereocenters. The largest absolute Gasteiger partial charge is 0.464 e. The van der Waals surface area contributed by atoms with Crippen LogP contribution in [0.25, 0.3) is 0 Å². The van der Waals surface area contributed by atoms with Crippen LogP contribution in [0.5, 0.6) is 0 Å². The lowest BCUT2D eigenvalue weighted by atomic mass is 10.0. The summed E-state index contributed by atoms with van der Waals surface area (Å²) in [5, 5.41) is 0. The maximum absolute atomic E-state index is 12.8. The summed E-state index contributed by atoms with van der Waals surface area (Å²) < 4.78 is 9.63. The first-order valence-corrected chi connectivity index (χ1v) is 8.30. The average Bonchev–Trinajstić information content (AvgIpc) is 2.85. The number of hydrogen-bond acceptors (Lipinski definition) is 5. The fraction of sp³-hybridized carbons (Fsp3) is 0.611. The summed E-state index contributed by atoms with van der Waals surface area (Å²) in [6, 6.07) is 0. The van der Waals surface area contributed by atoms with Gasteiger partial charge < -0.3 is 19.4 Å². The monoisotopic (exact) mass is 352 g/mol. The van der Waals surface area contributed by atoms with Crippen molar-refractivity contribution in [1.82, 2.24) is 9.88 Å². The molecule has 0 atom stereocenters. The van der Waals surface area contributed by atoms with E-state index in [2.05, 4.69) is 18.8 Å². The second-order valence-corrected chi connectivity index (χ2v) is 6.47. The van der Waals surface area contributed by atoms with Gasteiger partial charge in [-0.2, -0.15) is 0 Å². The first kappa shape index (κ1) is 20.9. The van der Waals surface area contributed by atoms with Gasteiger partial charge in [-0.15, -0.1) is 0 Å². The smallest absolute Gasteiger partial charge is 0.354 e. The minimum atomic E-state index is -0.522. The number of aryl methyl sites for hydroxylation is 1. The Labute approximate surface area is 148 Å². The quantitative estimate of drug-likeness (QED) is 0.543. The molecule has 0 bridgehead atoms. The van der Waals surface area contributed by atoms with Crippen LogP contribution in [-0.2, 0) is 14.3 Å². The van der Waals surface area contributed by atoms with Crippen LogP contribution in [-0.4, -0.2) is 61.5 Å². The molecule has 0 radical (unpaired) electrons. The first-order valence-electron chi connectivity index (χ1n) is 8.30. The van der Waals surface area contributed by atoms with Crippen molar-refractivity contribution in [3.05, 3.63) is 22.5 Å². The van der Waals surface area contributed by atoms with E-state index < -0.39 is 5.97 Å². The summed E-state index contributed by atoms with van der Waals surface area (Å²) in [7, 11) is 2.74. The summed E-state index contributed by atoms with van der Waals surface area (Å²) in [6.07, 6.45) is 0.793. The first-order chi connectivity index (χ1) is 11.7. The van der Waals surface area contributed by atoms with Gasteiger partial charge in [0.25, 0.3) is 0 Å². The van der Waals surface area contributed by atoms with E-state index in [1.54, 1.807) is 13.8 Å². The number of carbonyl (C=O) groups is 3. The van der Waals surface area contributed by atoms with Crippen molar-refractivity contribution in [2.75, 3.05) is 33.9 Å². The minimum Gasteiger partial charge on any atom is -0.464 e. The second kappa shape index (κ2) is 9.36. The Balaban J connectivity index is 3.01. The molecule has 0 aliphatic rings. The molecule has 1 rings (SSSR count). The number of carbonyl (C=O) groups excluding carboxylic acids is 3. The summed E-state index contributed by atoms with van der Waals surface area (Å²) in [6.45, 7) is 7.91. The molecule has 0 aliphatic carbocycles. The number of ether oxygens (including phenoxy) is 2. The van der Waals surface area contributed by atoms with Gasteiger partial charge in [-0.3, -0.25) is 9.59 Å². The topological polar surface area (TPSA) is 88.7 Å². The highest BCUT2D eigenvalue weighted by Crippen LogP contribution is 2.20. The highest BCUT2D eigenvalue weighted by atomic mass is 16.5. The van der Waals surface area contributed by atoms with E-state index in [-0.39, 0.29) is 30.5 Å². The molecular weight excluding hydrogens is 324 g/mol. The van der Waals surface area contributed by atoms with E-state index in [9.17, 15) is 14.4 Å². The van der Waals surface area contributed by atoms with Gasteiger partial charge >= 0.3 is 5.97 Å². The van der Waals surface area contributed by atoms with Gasteiger partial charge in [0.1, 0.15) is 12.3 Å². The highest BCUT2D eigenvalue weighted by molar-refractivity contribution is 6.04. The van der Waals surface area contributed by atoms with Crippen molar-refractivity contribution in [1.29, 1.82) is 0 Å². The van der Waals surface area contributed by atoms with Crippen LogP contribution in [0.4, 0.5) is 0 Å². The number of H-pyrrole nitrogens is 1. The molecule has 1 N–H and O–H groups in total. The molecule has 0 fully saturated rings. The van der Waals surface area contributed by atoms with Gasteiger partial charge in [-0.25, -0.2) is 4.79 Å². The Bertz CT molecular complexity index is 634. The summed E-state index contributed by atoms with van der Waals surface area (Å²) in [4.78, 5) is 41.2. The third-order valence-electron chi connectivity index (χ3n) is 4.04. The molecule has 25 heavy (non-hydrogen) atoms. The zero-order valence-electron chi connectivity index (χ0n) is 15.9. The molecule has 1 amide bonds. The lowest BCUT2D eigenvalue weighted by Crippen LogP contribution is -2.39. The van der Waals surface area contributed by atoms with Crippen molar-refractivity contribution in [3.8, 4) is 0 Å². The number of Topliss-reactive ketones (excluding diaryl/α,β-unsaturated/α-hetero) is 1. The zero-order chi connectivity index (χ0) is 19.1. The van der Waals surface area contributed by atoms with E-state index in [0.717, 1.165) is 6.42 Å². The van der Waals surface area contributed by atoms with Crippen molar-refractivity contribution in [3.63, 3.8) is 0 Å². The zero-order valence-corrected chi connectivity index (χ0v) is 15.9. The van der Waals surface area contributed by atoms with Gasteiger partial charge in [0.2, 0.25) is 5.91 Å². The van der Waals surface area contributed by atoms with Crippen molar-refractivity contribution in [2.45, 2.75) is 34.1 Å². The van der Waals surface area contributed by atoms with Crippen LogP contribution in [0.15, 0.2) is 0 Å². The van der Waals surface area contributed by atoms with Crippen LogP contribution in [0.2, 0.25) is 0 Å². The molecule has 1 aromatic rings. The van der Waals surface area contributed by atoms with Gasteiger partial charge in [-0.1, -0.05) is 13.8 Å². The molecule has 0 aliphatic heterocycles. The average molecular weight is 352 g/mol. The number of rotatable bonds is 9. The van der Waals surface area contributed by atoms with E-state index >= 15 is 0 Å². The lowest BCUT2D eigenvalue weighted by molar-refractivity contribution is -0.134. The molecular formula is C18H28N2O5. The van der Waals surface area contributed by atoms with Gasteiger partial charge in [0.05, 0.1) is 13.7 Å². The maximum atomic E-state index is 12.8. The van der Waals surface area contributed by atoms with E-state index in [0.29, 0.717) is 29.3 Å². The SMILES string of the molecule is COCC(=O)N(CCC(C)C)CC(=O)c1c(C)[nH]c(C(=O)OC)c1C. The third-order valence-corrected chi connectivity index (χ3v) is 4.04. The predicted molar refractivity (Wildman–Crippen MR) is 93.8 cm³/mol. The molecule has 0 spiro atoms. The number of methoxy groups -OCH3 is 2. The molecule has 1 heterocycles. The fourth-order valence-corrected chi connectivity index (χ4v) is 2.65. The van der Waals surface area contributed by atoms with Crippen molar-refractivity contribution >= 4 is 17.7 Å². The maximum Gasteiger partial charge on any atom is 0.354 e. The Hall–Kier alpha value is -2.15. The second-order valence-electron chi connectivity index (χ2n) is 6.47. The van der Waals surface area contributed by atoms with Crippen LogP contribution < -0.4 is 0 Å². The number of nitrogens with zero attached hydrogens (tertiary/aromatic N) is 1. The van der Waals surface area contributed by atoms with Crippen molar-refractivity contribution < 1.29 is 23.9 Å². The molecule has 0 aromatic carbocycles. The Morgan fingerprint density at radius 2 is 1.80 bits per heavy atom. The van der Waals surface area contributed by atoms with Crippen LogP contribution >= 0.6 is 0 Å². The third kappa shape index (κ3) is 5.42. The highest BCUT2D eigenvalue weighted by Gasteiger charge is 2.25. The number of ketones is 1. The summed E-state index contributed by atoms with van der Waals surface area (Å²) >= 11 is 0. The van der Waals surface area contributed by atoms with E-state index in [1.807, 2.05) is 0 Å². The number of amides is 1. The Morgan fingerprint density at radius 1 is 1.16 bits per heavy atom. The van der Waals surface area contributed by atoms with Crippen LogP contribution in [0.1, 0.15) is 52.4 Å². The van der Waals surface area contributed by atoms with Gasteiger partial charge in [-0.05, 0) is 31.7 Å². The van der Waals surface area contributed by atoms with Crippen LogP contribution in [0, 0.1) is 19.8 Å². The normalized spacial score (nSPS) is 10.8.